The summed E-state index contributed by atoms with van der Waals surface area (Å²) < 4.78 is 23.6. The number of carbonyl (C=O) groups is 1. The highest BCUT2D eigenvalue weighted by atomic mass is 35.5. The van der Waals surface area contributed by atoms with Gasteiger partial charge in [-0.2, -0.15) is 0 Å². The molecule has 90 valence electrons. The van der Waals surface area contributed by atoms with Gasteiger partial charge in [0.05, 0.1) is 11.6 Å². The number of hydrogen-bond acceptors (Lipinski definition) is 3. The Morgan fingerprint density at radius 2 is 2.24 bits per heavy atom. The lowest BCUT2D eigenvalue weighted by Crippen LogP contribution is -2.05. The van der Waals surface area contributed by atoms with E-state index in [2.05, 4.69) is 0 Å². The van der Waals surface area contributed by atoms with E-state index in [1.807, 2.05) is 0 Å². The van der Waals surface area contributed by atoms with Crippen molar-refractivity contribution in [1.82, 2.24) is 0 Å². The highest BCUT2D eigenvalue weighted by Gasteiger charge is 2.20. The van der Waals surface area contributed by atoms with E-state index in [-0.39, 0.29) is 17.2 Å². The zero-order valence-electron chi connectivity index (χ0n) is 9.34. The fourth-order valence-electron chi connectivity index (χ4n) is 1.67. The summed E-state index contributed by atoms with van der Waals surface area (Å²) in [6.07, 6.45) is 0. The molecule has 0 fully saturated rings. The third kappa shape index (κ3) is 2.00. The van der Waals surface area contributed by atoms with E-state index in [0.717, 1.165) is 0 Å². The van der Waals surface area contributed by atoms with Gasteiger partial charge in [-0.3, -0.25) is 0 Å². The zero-order chi connectivity index (χ0) is 12.6. The molecular formula is C12H10ClFO3. The maximum atomic E-state index is 13.4. The SMILES string of the molecule is CCOC(=O)c1c(C)oc2cc(Cl)c(F)cc12. The molecule has 1 heterocycles. The van der Waals surface area contributed by atoms with Crippen LogP contribution in [0.2, 0.25) is 5.02 Å². The van der Waals surface area contributed by atoms with Crippen molar-refractivity contribution in [1.29, 1.82) is 0 Å². The molecule has 2 rings (SSSR count). The molecule has 2 aromatic rings. The minimum atomic E-state index is -0.592. The topological polar surface area (TPSA) is 39.4 Å². The van der Waals surface area contributed by atoms with Crippen molar-refractivity contribution in [2.45, 2.75) is 13.8 Å². The number of benzene rings is 1. The molecule has 0 aliphatic rings. The van der Waals surface area contributed by atoms with Gasteiger partial charge in [0.2, 0.25) is 0 Å². The molecular weight excluding hydrogens is 247 g/mol. The minimum absolute atomic E-state index is 0.0401. The van der Waals surface area contributed by atoms with Crippen molar-refractivity contribution in [2.75, 3.05) is 6.61 Å². The number of ether oxygens (including phenoxy) is 1. The average molecular weight is 257 g/mol. The Morgan fingerprint density at radius 1 is 1.53 bits per heavy atom. The molecule has 0 aliphatic carbocycles. The van der Waals surface area contributed by atoms with E-state index in [0.29, 0.717) is 16.7 Å². The van der Waals surface area contributed by atoms with Crippen LogP contribution in [0.5, 0.6) is 0 Å². The second kappa shape index (κ2) is 4.37. The number of fused-ring (bicyclic) bond motifs is 1. The lowest BCUT2D eigenvalue weighted by molar-refractivity contribution is 0.0526. The van der Waals surface area contributed by atoms with Gasteiger partial charge in [0.1, 0.15) is 22.7 Å². The first-order chi connectivity index (χ1) is 8.04. The Labute approximate surface area is 102 Å². The van der Waals surface area contributed by atoms with Crippen LogP contribution in [0, 0.1) is 12.7 Å². The van der Waals surface area contributed by atoms with E-state index < -0.39 is 11.8 Å². The van der Waals surface area contributed by atoms with Crippen molar-refractivity contribution >= 4 is 28.5 Å². The van der Waals surface area contributed by atoms with Gasteiger partial charge in [-0.1, -0.05) is 11.6 Å². The summed E-state index contributed by atoms with van der Waals surface area (Å²) in [7, 11) is 0. The van der Waals surface area contributed by atoms with E-state index >= 15 is 0 Å². The van der Waals surface area contributed by atoms with E-state index in [1.54, 1.807) is 13.8 Å². The van der Waals surface area contributed by atoms with Crippen molar-refractivity contribution in [3.8, 4) is 0 Å². The third-order valence-electron chi connectivity index (χ3n) is 2.39. The number of esters is 1. The monoisotopic (exact) mass is 256 g/mol. The molecule has 1 aromatic carbocycles. The first kappa shape index (κ1) is 11.9. The van der Waals surface area contributed by atoms with Crippen molar-refractivity contribution in [3.63, 3.8) is 0 Å². The van der Waals surface area contributed by atoms with Gasteiger partial charge in [-0.05, 0) is 19.9 Å². The molecule has 0 unspecified atom stereocenters. The molecule has 0 bridgehead atoms. The molecule has 0 spiro atoms. The van der Waals surface area contributed by atoms with Gasteiger partial charge in [0.25, 0.3) is 0 Å². The molecule has 17 heavy (non-hydrogen) atoms. The summed E-state index contributed by atoms with van der Waals surface area (Å²) in [4.78, 5) is 11.7. The highest BCUT2D eigenvalue weighted by molar-refractivity contribution is 6.31. The maximum Gasteiger partial charge on any atom is 0.342 e. The number of furan rings is 1. The van der Waals surface area contributed by atoms with Crippen LogP contribution in [0.1, 0.15) is 23.0 Å². The summed E-state index contributed by atoms with van der Waals surface area (Å²) in [5.41, 5.74) is 0.620. The summed E-state index contributed by atoms with van der Waals surface area (Å²) in [5, 5.41) is 0.338. The quantitative estimate of drug-likeness (QED) is 0.769. The number of rotatable bonds is 2. The van der Waals surface area contributed by atoms with Gasteiger partial charge in [0, 0.05) is 11.5 Å². The van der Waals surface area contributed by atoms with E-state index in [1.165, 1.54) is 12.1 Å². The summed E-state index contributed by atoms with van der Waals surface area (Å²) in [6.45, 7) is 3.58. The zero-order valence-corrected chi connectivity index (χ0v) is 10.1. The Bertz CT molecular complexity index is 589. The van der Waals surface area contributed by atoms with Gasteiger partial charge >= 0.3 is 5.97 Å². The predicted octanol–water partition coefficient (Wildman–Crippen LogP) is 3.71. The maximum absolute atomic E-state index is 13.4. The second-order valence-corrected chi connectivity index (χ2v) is 3.92. The van der Waals surface area contributed by atoms with Gasteiger partial charge in [0.15, 0.2) is 0 Å². The smallest absolute Gasteiger partial charge is 0.342 e. The van der Waals surface area contributed by atoms with Crippen molar-refractivity contribution in [2.24, 2.45) is 0 Å². The van der Waals surface area contributed by atoms with Crippen LogP contribution in [0.25, 0.3) is 11.0 Å². The lowest BCUT2D eigenvalue weighted by atomic mass is 10.1. The fourth-order valence-corrected chi connectivity index (χ4v) is 1.82. The Kier molecular flexibility index (Phi) is 3.07. The molecule has 1 aromatic heterocycles. The molecule has 0 saturated heterocycles. The van der Waals surface area contributed by atoms with Crippen LogP contribution in [0.3, 0.4) is 0 Å². The summed E-state index contributed by atoms with van der Waals surface area (Å²) in [5.74, 6) is -0.726. The summed E-state index contributed by atoms with van der Waals surface area (Å²) in [6, 6.07) is 2.53. The van der Waals surface area contributed by atoms with E-state index in [9.17, 15) is 9.18 Å². The number of hydrogen-bond donors (Lipinski definition) is 0. The third-order valence-corrected chi connectivity index (χ3v) is 2.68. The number of carbonyl (C=O) groups excluding carboxylic acids is 1. The Hall–Kier alpha value is -1.55. The predicted molar refractivity (Wildman–Crippen MR) is 61.9 cm³/mol. The Balaban J connectivity index is 2.66. The minimum Gasteiger partial charge on any atom is -0.462 e. The van der Waals surface area contributed by atoms with Crippen LogP contribution in [-0.2, 0) is 4.74 Å². The van der Waals surface area contributed by atoms with Gasteiger partial charge in [-0.25, -0.2) is 9.18 Å². The van der Waals surface area contributed by atoms with Crippen LogP contribution in [0.15, 0.2) is 16.5 Å². The molecule has 0 aliphatic heterocycles. The van der Waals surface area contributed by atoms with Crippen molar-refractivity contribution in [3.05, 3.63) is 34.3 Å². The molecule has 0 atom stereocenters. The largest absolute Gasteiger partial charge is 0.462 e. The van der Waals surface area contributed by atoms with Crippen molar-refractivity contribution < 1.29 is 18.3 Å². The molecule has 0 radical (unpaired) electrons. The number of aryl methyl sites for hydroxylation is 1. The van der Waals surface area contributed by atoms with Crippen LogP contribution in [0.4, 0.5) is 4.39 Å². The van der Waals surface area contributed by atoms with Gasteiger partial charge < -0.3 is 9.15 Å². The number of halogens is 2. The molecule has 0 amide bonds. The summed E-state index contributed by atoms with van der Waals surface area (Å²) >= 11 is 5.64. The highest BCUT2D eigenvalue weighted by Crippen LogP contribution is 2.30. The molecule has 5 heteroatoms. The average Bonchev–Trinajstić information content (AvgIpc) is 2.55. The van der Waals surface area contributed by atoms with Crippen LogP contribution in [-0.4, -0.2) is 12.6 Å². The lowest BCUT2D eigenvalue weighted by Gasteiger charge is -2.00. The van der Waals surface area contributed by atoms with Gasteiger partial charge in [-0.15, -0.1) is 0 Å². The second-order valence-electron chi connectivity index (χ2n) is 3.52. The van der Waals surface area contributed by atoms with E-state index in [4.69, 9.17) is 20.8 Å². The first-order valence-electron chi connectivity index (χ1n) is 5.09. The first-order valence-corrected chi connectivity index (χ1v) is 5.47. The van der Waals surface area contributed by atoms with Crippen LogP contribution < -0.4 is 0 Å². The standard InChI is InChI=1S/C12H10ClFO3/c1-3-16-12(15)11-6(2)17-10-5-8(13)9(14)4-7(10)11/h4-5H,3H2,1-2H3. The molecule has 3 nitrogen and oxygen atoms in total. The molecule has 0 saturated carbocycles. The fraction of sp³-hybridized carbons (Fsp3) is 0.250. The van der Waals surface area contributed by atoms with Crippen LogP contribution >= 0.6 is 11.6 Å². The normalized spacial score (nSPS) is 10.8. The molecule has 0 N–H and O–H groups in total. The Morgan fingerprint density at radius 3 is 2.88 bits per heavy atom.